The van der Waals surface area contributed by atoms with Gasteiger partial charge in [-0.05, 0) is 61.6 Å². The van der Waals surface area contributed by atoms with Crippen molar-refractivity contribution in [2.75, 3.05) is 18.5 Å². The maximum absolute atomic E-state index is 12.8. The molecule has 6 heteroatoms. The lowest BCUT2D eigenvalue weighted by Gasteiger charge is -2.33. The molecule has 0 saturated carbocycles. The minimum atomic E-state index is -0.359. The Morgan fingerprint density at radius 3 is 2.67 bits per heavy atom. The number of fused-ring (bicyclic) bond motifs is 1. The van der Waals surface area contributed by atoms with Crippen LogP contribution < -0.4 is 10.1 Å². The van der Waals surface area contributed by atoms with Gasteiger partial charge in [-0.3, -0.25) is 4.79 Å². The van der Waals surface area contributed by atoms with Crippen molar-refractivity contribution in [3.8, 4) is 5.75 Å². The zero-order valence-corrected chi connectivity index (χ0v) is 21.1. The topological polar surface area (TPSA) is 64.6 Å². The van der Waals surface area contributed by atoms with Gasteiger partial charge in [0.15, 0.2) is 0 Å². The molecular weight excluding hydrogens is 434 g/mol. The van der Waals surface area contributed by atoms with E-state index in [0.29, 0.717) is 29.7 Å². The maximum Gasteiger partial charge on any atom is 0.341 e. The number of ether oxygens (including phenoxy) is 2. The van der Waals surface area contributed by atoms with Gasteiger partial charge in [0.2, 0.25) is 5.91 Å². The molecule has 1 atom stereocenters. The number of rotatable bonds is 8. The minimum Gasteiger partial charge on any atom is -0.493 e. The fourth-order valence-corrected chi connectivity index (χ4v) is 5.43. The predicted octanol–water partition coefficient (Wildman–Crippen LogP) is 6.52. The number of thiophene rings is 1. The molecule has 1 amide bonds. The van der Waals surface area contributed by atoms with E-state index in [1.165, 1.54) is 22.3 Å². The van der Waals surface area contributed by atoms with Gasteiger partial charge in [-0.15, -0.1) is 11.3 Å². The standard InChI is InChI=1S/C27H35NO4S/c1-6-16-32-21-11-9-8-10-18(21)12-15-23(29)28-25-24(26(30)31-7-2)20-14-13-19(27(3,4)5)17-22(20)33-25/h8-12,15,19H,6-7,13-14,16-17H2,1-5H3,(H,28,29). The molecule has 0 saturated heterocycles. The Labute approximate surface area is 201 Å². The normalized spacial score (nSPS) is 15.8. The van der Waals surface area contributed by atoms with Gasteiger partial charge in [0, 0.05) is 16.5 Å². The first-order valence-electron chi connectivity index (χ1n) is 11.8. The van der Waals surface area contributed by atoms with E-state index in [9.17, 15) is 9.59 Å². The molecule has 3 rings (SSSR count). The van der Waals surface area contributed by atoms with Crippen LogP contribution in [-0.4, -0.2) is 25.1 Å². The Bertz CT molecular complexity index is 1020. The molecule has 0 spiro atoms. The Hall–Kier alpha value is -2.60. The van der Waals surface area contributed by atoms with Crippen molar-refractivity contribution in [3.63, 3.8) is 0 Å². The molecule has 178 valence electrons. The first-order chi connectivity index (χ1) is 15.7. The van der Waals surface area contributed by atoms with Crippen molar-refractivity contribution in [1.29, 1.82) is 0 Å². The Balaban J connectivity index is 1.83. The second kappa shape index (κ2) is 11.0. The molecule has 1 heterocycles. The Morgan fingerprint density at radius 1 is 1.21 bits per heavy atom. The van der Waals surface area contributed by atoms with Crippen LogP contribution >= 0.6 is 11.3 Å². The maximum atomic E-state index is 12.8. The fourth-order valence-electron chi connectivity index (χ4n) is 4.11. The summed E-state index contributed by atoms with van der Waals surface area (Å²) in [5, 5.41) is 3.53. The number of hydrogen-bond donors (Lipinski definition) is 1. The summed E-state index contributed by atoms with van der Waals surface area (Å²) in [6, 6.07) is 7.63. The van der Waals surface area contributed by atoms with E-state index in [-0.39, 0.29) is 17.3 Å². The van der Waals surface area contributed by atoms with E-state index >= 15 is 0 Å². The number of anilines is 1. The van der Waals surface area contributed by atoms with Gasteiger partial charge < -0.3 is 14.8 Å². The molecule has 0 fully saturated rings. The molecule has 2 aromatic rings. The number of benzene rings is 1. The summed E-state index contributed by atoms with van der Waals surface area (Å²) in [5.41, 5.74) is 2.60. The van der Waals surface area contributed by atoms with Crippen LogP contribution in [-0.2, 0) is 22.4 Å². The number of carbonyl (C=O) groups is 2. The van der Waals surface area contributed by atoms with E-state index in [1.54, 1.807) is 13.0 Å². The van der Waals surface area contributed by atoms with Crippen molar-refractivity contribution < 1.29 is 19.1 Å². The first kappa shape index (κ1) is 25.0. The lowest BCUT2D eigenvalue weighted by molar-refractivity contribution is -0.111. The molecule has 33 heavy (non-hydrogen) atoms. The van der Waals surface area contributed by atoms with Gasteiger partial charge in [-0.1, -0.05) is 45.9 Å². The van der Waals surface area contributed by atoms with Crippen LogP contribution in [0.25, 0.3) is 6.08 Å². The summed E-state index contributed by atoms with van der Waals surface area (Å²) in [5.74, 6) is 0.649. The van der Waals surface area contributed by atoms with Crippen LogP contribution in [0.15, 0.2) is 30.3 Å². The lowest BCUT2D eigenvalue weighted by Crippen LogP contribution is -2.26. The van der Waals surface area contributed by atoms with Crippen molar-refractivity contribution in [2.45, 2.75) is 60.3 Å². The highest BCUT2D eigenvalue weighted by Crippen LogP contribution is 2.44. The summed E-state index contributed by atoms with van der Waals surface area (Å²) in [7, 11) is 0. The summed E-state index contributed by atoms with van der Waals surface area (Å²) in [6.07, 6.45) is 6.92. The Morgan fingerprint density at radius 2 is 1.97 bits per heavy atom. The predicted molar refractivity (Wildman–Crippen MR) is 135 cm³/mol. The van der Waals surface area contributed by atoms with Crippen molar-refractivity contribution in [3.05, 3.63) is 51.9 Å². The largest absolute Gasteiger partial charge is 0.493 e. The van der Waals surface area contributed by atoms with Gasteiger partial charge in [-0.2, -0.15) is 0 Å². The van der Waals surface area contributed by atoms with E-state index in [0.717, 1.165) is 42.6 Å². The minimum absolute atomic E-state index is 0.200. The summed E-state index contributed by atoms with van der Waals surface area (Å²) in [4.78, 5) is 26.8. The number of carbonyl (C=O) groups excluding carboxylic acids is 2. The van der Waals surface area contributed by atoms with Crippen molar-refractivity contribution in [1.82, 2.24) is 0 Å². The number of para-hydroxylation sites is 1. The molecule has 0 aliphatic heterocycles. The first-order valence-corrected chi connectivity index (χ1v) is 12.6. The number of esters is 1. The second-order valence-corrected chi connectivity index (χ2v) is 10.5. The molecule has 1 aliphatic carbocycles. The van der Waals surface area contributed by atoms with Crippen LogP contribution in [0.3, 0.4) is 0 Å². The highest BCUT2D eigenvalue weighted by atomic mass is 32.1. The molecule has 1 aromatic carbocycles. The summed E-state index contributed by atoms with van der Waals surface area (Å²) in [6.45, 7) is 11.6. The van der Waals surface area contributed by atoms with Gasteiger partial charge in [0.1, 0.15) is 10.8 Å². The molecule has 1 aliphatic rings. The van der Waals surface area contributed by atoms with Crippen LogP contribution in [0, 0.1) is 11.3 Å². The smallest absolute Gasteiger partial charge is 0.341 e. The third-order valence-corrected chi connectivity index (χ3v) is 7.17. The van der Waals surface area contributed by atoms with Gasteiger partial charge >= 0.3 is 5.97 Å². The van der Waals surface area contributed by atoms with E-state index < -0.39 is 0 Å². The average molecular weight is 470 g/mol. The van der Waals surface area contributed by atoms with Crippen LogP contribution in [0.4, 0.5) is 5.00 Å². The quantitative estimate of drug-likeness (QED) is 0.353. The van der Waals surface area contributed by atoms with Gasteiger partial charge in [0.05, 0.1) is 18.8 Å². The number of nitrogens with one attached hydrogen (secondary N) is 1. The SMILES string of the molecule is CCCOc1ccccc1C=CC(=O)Nc1sc2c(c1C(=O)OCC)CCC(C(C)(C)C)C2. The van der Waals surface area contributed by atoms with Crippen LogP contribution in [0.5, 0.6) is 5.75 Å². The van der Waals surface area contributed by atoms with E-state index in [1.807, 2.05) is 24.3 Å². The van der Waals surface area contributed by atoms with E-state index in [2.05, 4.69) is 33.0 Å². The summed E-state index contributed by atoms with van der Waals surface area (Å²) < 4.78 is 11.1. The van der Waals surface area contributed by atoms with Crippen LogP contribution in [0.2, 0.25) is 0 Å². The molecule has 1 N–H and O–H groups in total. The molecular formula is C27H35NO4S. The molecule has 5 nitrogen and oxygen atoms in total. The zero-order chi connectivity index (χ0) is 24.0. The average Bonchev–Trinajstić information content (AvgIpc) is 3.13. The Kier molecular flexibility index (Phi) is 8.35. The molecule has 1 unspecified atom stereocenters. The van der Waals surface area contributed by atoms with Crippen molar-refractivity contribution >= 4 is 34.3 Å². The van der Waals surface area contributed by atoms with E-state index in [4.69, 9.17) is 9.47 Å². The lowest BCUT2D eigenvalue weighted by atomic mass is 9.72. The zero-order valence-electron chi connectivity index (χ0n) is 20.3. The van der Waals surface area contributed by atoms with Gasteiger partial charge in [0.25, 0.3) is 0 Å². The van der Waals surface area contributed by atoms with Gasteiger partial charge in [-0.25, -0.2) is 4.79 Å². The molecule has 1 aromatic heterocycles. The number of hydrogen-bond acceptors (Lipinski definition) is 5. The highest BCUT2D eigenvalue weighted by Gasteiger charge is 2.34. The van der Waals surface area contributed by atoms with Crippen LogP contribution in [0.1, 0.15) is 73.8 Å². The molecule has 0 radical (unpaired) electrons. The third kappa shape index (κ3) is 6.26. The molecule has 0 bridgehead atoms. The highest BCUT2D eigenvalue weighted by molar-refractivity contribution is 7.17. The van der Waals surface area contributed by atoms with Crippen molar-refractivity contribution in [2.24, 2.45) is 11.3 Å². The second-order valence-electron chi connectivity index (χ2n) is 9.44. The fraction of sp³-hybridized carbons (Fsp3) is 0.481. The third-order valence-electron chi connectivity index (χ3n) is 6.00. The summed E-state index contributed by atoms with van der Waals surface area (Å²) >= 11 is 1.51. The monoisotopic (exact) mass is 469 g/mol. The number of amides is 1.